The molecule has 3 heteroatoms. The van der Waals surface area contributed by atoms with E-state index in [0.717, 1.165) is 11.1 Å². The quantitative estimate of drug-likeness (QED) is 0.619. The number of nitrogens with zero attached hydrogens (tertiary/aromatic N) is 2. The number of phenols is 1. The summed E-state index contributed by atoms with van der Waals surface area (Å²) in [5.41, 5.74) is 2.87. The molecule has 0 aliphatic heterocycles. The minimum absolute atomic E-state index is 0.109. The largest absolute Gasteiger partial charge is 0.506 e. The van der Waals surface area contributed by atoms with E-state index in [2.05, 4.69) is 16.1 Å². The van der Waals surface area contributed by atoms with Crippen LogP contribution < -0.4 is 0 Å². The fourth-order valence-corrected chi connectivity index (χ4v) is 1.48. The van der Waals surface area contributed by atoms with Crippen LogP contribution >= 0.6 is 0 Å². The second-order valence-corrected chi connectivity index (χ2v) is 3.89. The lowest BCUT2D eigenvalue weighted by molar-refractivity contribution is 0.476. The first-order valence-electron chi connectivity index (χ1n) is 5.47. The number of phenolic OH excluding ortho intramolecular Hbond substituents is 1. The van der Waals surface area contributed by atoms with E-state index in [1.807, 2.05) is 25.1 Å². The first-order valence-corrected chi connectivity index (χ1v) is 5.47. The fraction of sp³-hybridized carbons (Fsp3) is 0.0667. The van der Waals surface area contributed by atoms with Gasteiger partial charge in [-0.15, -0.1) is 11.5 Å². The molecule has 2 aromatic rings. The highest BCUT2D eigenvalue weighted by molar-refractivity contribution is 5.53. The molecule has 0 amide bonds. The van der Waals surface area contributed by atoms with Crippen LogP contribution in [0.5, 0.6) is 5.75 Å². The van der Waals surface area contributed by atoms with Crippen molar-refractivity contribution in [1.29, 1.82) is 0 Å². The van der Waals surface area contributed by atoms with E-state index < -0.39 is 0 Å². The SMILES string of the molecule is C#Cc1cccc(/N=N/c2cc(C)ccc2O)c1. The number of benzene rings is 2. The van der Waals surface area contributed by atoms with Crippen molar-refractivity contribution in [3.63, 3.8) is 0 Å². The molecule has 88 valence electrons. The van der Waals surface area contributed by atoms with Crippen molar-refractivity contribution in [1.82, 2.24) is 0 Å². The summed E-state index contributed by atoms with van der Waals surface area (Å²) in [4.78, 5) is 0. The summed E-state index contributed by atoms with van der Waals surface area (Å²) >= 11 is 0. The van der Waals surface area contributed by atoms with E-state index >= 15 is 0 Å². The van der Waals surface area contributed by atoms with E-state index in [-0.39, 0.29) is 5.75 Å². The first-order chi connectivity index (χ1) is 8.69. The van der Waals surface area contributed by atoms with Gasteiger partial charge in [-0.3, -0.25) is 0 Å². The molecule has 0 saturated carbocycles. The maximum atomic E-state index is 9.63. The Labute approximate surface area is 106 Å². The Balaban J connectivity index is 2.30. The van der Waals surface area contributed by atoms with E-state index in [1.54, 1.807) is 24.3 Å². The fourth-order valence-electron chi connectivity index (χ4n) is 1.48. The molecule has 0 aliphatic rings. The van der Waals surface area contributed by atoms with Gasteiger partial charge in [0.2, 0.25) is 0 Å². The molecule has 1 N–H and O–H groups in total. The van der Waals surface area contributed by atoms with Crippen LogP contribution in [0.1, 0.15) is 11.1 Å². The van der Waals surface area contributed by atoms with Gasteiger partial charge in [0.25, 0.3) is 0 Å². The zero-order valence-electron chi connectivity index (χ0n) is 9.96. The Kier molecular flexibility index (Phi) is 3.40. The maximum Gasteiger partial charge on any atom is 0.143 e. The molecule has 0 saturated heterocycles. The third-order valence-electron chi connectivity index (χ3n) is 2.42. The molecule has 0 aromatic heterocycles. The smallest absolute Gasteiger partial charge is 0.143 e. The van der Waals surface area contributed by atoms with Crippen LogP contribution in [0.4, 0.5) is 11.4 Å². The minimum Gasteiger partial charge on any atom is -0.506 e. The zero-order valence-corrected chi connectivity index (χ0v) is 9.96. The highest BCUT2D eigenvalue weighted by Crippen LogP contribution is 2.28. The second kappa shape index (κ2) is 5.15. The van der Waals surface area contributed by atoms with Crippen LogP contribution in [0.25, 0.3) is 0 Å². The van der Waals surface area contributed by atoms with Gasteiger partial charge in [0.15, 0.2) is 0 Å². The van der Waals surface area contributed by atoms with Gasteiger partial charge in [0.1, 0.15) is 11.4 Å². The summed E-state index contributed by atoms with van der Waals surface area (Å²) < 4.78 is 0. The normalized spacial score (nSPS) is 10.4. The van der Waals surface area contributed by atoms with Gasteiger partial charge >= 0.3 is 0 Å². The van der Waals surface area contributed by atoms with Gasteiger partial charge in [-0.05, 0) is 42.8 Å². The Morgan fingerprint density at radius 3 is 2.72 bits per heavy atom. The van der Waals surface area contributed by atoms with E-state index in [0.29, 0.717) is 11.4 Å². The van der Waals surface area contributed by atoms with E-state index in [9.17, 15) is 5.11 Å². The monoisotopic (exact) mass is 236 g/mol. The number of aryl methyl sites for hydroxylation is 1. The Morgan fingerprint density at radius 2 is 1.94 bits per heavy atom. The van der Waals surface area contributed by atoms with Crippen molar-refractivity contribution < 1.29 is 5.11 Å². The molecular formula is C15H12N2O. The van der Waals surface area contributed by atoms with Crippen LogP contribution in [-0.4, -0.2) is 5.11 Å². The lowest BCUT2D eigenvalue weighted by atomic mass is 10.2. The highest BCUT2D eigenvalue weighted by atomic mass is 16.3. The summed E-state index contributed by atoms with van der Waals surface area (Å²) in [7, 11) is 0. The molecule has 2 aromatic carbocycles. The highest BCUT2D eigenvalue weighted by Gasteiger charge is 1.99. The van der Waals surface area contributed by atoms with E-state index in [1.165, 1.54) is 0 Å². The number of azo groups is 1. The molecule has 0 unspecified atom stereocenters. The van der Waals surface area contributed by atoms with Gasteiger partial charge in [0.05, 0.1) is 5.69 Å². The molecule has 2 rings (SSSR count). The standard InChI is InChI=1S/C15H12N2O/c1-3-12-5-4-6-13(10-12)16-17-14-9-11(2)7-8-15(14)18/h1,4-10,18H,2H3/b17-16+. The average molecular weight is 236 g/mol. The molecule has 0 radical (unpaired) electrons. The van der Waals surface area contributed by atoms with Crippen molar-refractivity contribution in [2.24, 2.45) is 10.2 Å². The molecule has 18 heavy (non-hydrogen) atoms. The van der Waals surface area contributed by atoms with Crippen molar-refractivity contribution in [3.05, 3.63) is 53.6 Å². The molecule has 0 aliphatic carbocycles. The minimum atomic E-state index is 0.109. The summed E-state index contributed by atoms with van der Waals surface area (Å²) in [5, 5.41) is 17.7. The number of rotatable bonds is 2. The topological polar surface area (TPSA) is 45.0 Å². The number of hydrogen-bond donors (Lipinski definition) is 1. The van der Waals surface area contributed by atoms with Crippen molar-refractivity contribution in [3.8, 4) is 18.1 Å². The lowest BCUT2D eigenvalue weighted by Crippen LogP contribution is -1.73. The van der Waals surface area contributed by atoms with Gasteiger partial charge in [0, 0.05) is 5.56 Å². The Hall–Kier alpha value is -2.60. The molecular weight excluding hydrogens is 224 g/mol. The predicted octanol–water partition coefficient (Wildman–Crippen LogP) is 4.10. The summed E-state index contributed by atoms with van der Waals surface area (Å²) in [6.45, 7) is 1.93. The van der Waals surface area contributed by atoms with Crippen LogP contribution in [0.3, 0.4) is 0 Å². The van der Waals surface area contributed by atoms with Gasteiger partial charge in [-0.1, -0.05) is 18.1 Å². The predicted molar refractivity (Wildman–Crippen MR) is 71.4 cm³/mol. The Bertz CT molecular complexity index is 639. The lowest BCUT2D eigenvalue weighted by Gasteiger charge is -1.99. The second-order valence-electron chi connectivity index (χ2n) is 3.89. The number of aromatic hydroxyl groups is 1. The van der Waals surface area contributed by atoms with E-state index in [4.69, 9.17) is 6.42 Å². The molecule has 0 heterocycles. The molecule has 0 spiro atoms. The van der Waals surface area contributed by atoms with Gasteiger partial charge < -0.3 is 5.11 Å². The van der Waals surface area contributed by atoms with Crippen LogP contribution in [0, 0.1) is 19.3 Å². The Morgan fingerprint density at radius 1 is 1.11 bits per heavy atom. The summed E-state index contributed by atoms with van der Waals surface area (Å²) in [5.74, 6) is 2.64. The molecule has 0 fully saturated rings. The third-order valence-corrected chi connectivity index (χ3v) is 2.42. The van der Waals surface area contributed by atoms with Crippen molar-refractivity contribution >= 4 is 11.4 Å². The number of hydrogen-bond acceptors (Lipinski definition) is 3. The maximum absolute atomic E-state index is 9.63. The average Bonchev–Trinajstić information content (AvgIpc) is 2.40. The third kappa shape index (κ3) is 2.74. The van der Waals surface area contributed by atoms with Crippen molar-refractivity contribution in [2.75, 3.05) is 0 Å². The van der Waals surface area contributed by atoms with Gasteiger partial charge in [-0.2, -0.15) is 5.11 Å². The van der Waals surface area contributed by atoms with Gasteiger partial charge in [-0.25, -0.2) is 0 Å². The molecule has 0 atom stereocenters. The first kappa shape index (κ1) is 11.9. The van der Waals surface area contributed by atoms with Crippen LogP contribution in [-0.2, 0) is 0 Å². The summed E-state index contributed by atoms with van der Waals surface area (Å²) in [6, 6.07) is 12.4. The van der Waals surface area contributed by atoms with Crippen molar-refractivity contribution in [2.45, 2.75) is 6.92 Å². The molecule has 0 bridgehead atoms. The number of terminal acetylenes is 1. The molecule has 3 nitrogen and oxygen atoms in total. The van der Waals surface area contributed by atoms with Crippen LogP contribution in [0.2, 0.25) is 0 Å². The summed E-state index contributed by atoms with van der Waals surface area (Å²) in [6.07, 6.45) is 5.31. The zero-order chi connectivity index (χ0) is 13.0. The van der Waals surface area contributed by atoms with Crippen LogP contribution in [0.15, 0.2) is 52.7 Å².